The van der Waals surface area contributed by atoms with Crippen molar-refractivity contribution in [2.75, 3.05) is 6.61 Å². The van der Waals surface area contributed by atoms with E-state index < -0.39 is 0 Å². The minimum atomic E-state index is 0.0335. The molecule has 0 spiro atoms. The summed E-state index contributed by atoms with van der Waals surface area (Å²) in [4.78, 5) is 0. The number of ether oxygens (including phenoxy) is 1. The minimum absolute atomic E-state index is 0.0335. The zero-order chi connectivity index (χ0) is 10.4. The number of benzene rings is 1. The molecule has 14 heavy (non-hydrogen) atoms. The third kappa shape index (κ3) is 3.12. The van der Waals surface area contributed by atoms with Gasteiger partial charge < -0.3 is 10.5 Å². The van der Waals surface area contributed by atoms with Crippen LogP contribution in [0.25, 0.3) is 0 Å². The SMILES string of the molecule is C#CCCOc1cccc([C@@H](C)N)c1. The van der Waals surface area contributed by atoms with E-state index in [2.05, 4.69) is 5.92 Å². The first-order valence-electron chi connectivity index (χ1n) is 4.66. The van der Waals surface area contributed by atoms with Crippen molar-refractivity contribution in [3.63, 3.8) is 0 Å². The molecule has 1 aromatic carbocycles. The van der Waals surface area contributed by atoms with Crippen LogP contribution < -0.4 is 10.5 Å². The second-order valence-corrected chi connectivity index (χ2v) is 3.16. The molecule has 1 rings (SSSR count). The lowest BCUT2D eigenvalue weighted by Gasteiger charge is -2.08. The molecule has 0 radical (unpaired) electrons. The normalized spacial score (nSPS) is 11.8. The molecule has 0 bridgehead atoms. The first-order chi connectivity index (χ1) is 6.74. The summed E-state index contributed by atoms with van der Waals surface area (Å²) in [6.07, 6.45) is 5.75. The van der Waals surface area contributed by atoms with E-state index in [0.29, 0.717) is 13.0 Å². The summed E-state index contributed by atoms with van der Waals surface area (Å²) in [5.41, 5.74) is 6.82. The molecule has 0 aromatic heterocycles. The van der Waals surface area contributed by atoms with Gasteiger partial charge in [-0.05, 0) is 24.6 Å². The summed E-state index contributed by atoms with van der Waals surface area (Å²) in [5, 5.41) is 0. The summed E-state index contributed by atoms with van der Waals surface area (Å²) in [7, 11) is 0. The van der Waals surface area contributed by atoms with Gasteiger partial charge in [-0.15, -0.1) is 12.3 Å². The van der Waals surface area contributed by atoms with E-state index in [1.807, 2.05) is 31.2 Å². The van der Waals surface area contributed by atoms with Crippen molar-refractivity contribution in [2.24, 2.45) is 5.73 Å². The average molecular weight is 189 g/mol. The second-order valence-electron chi connectivity index (χ2n) is 3.16. The van der Waals surface area contributed by atoms with Crippen molar-refractivity contribution in [1.82, 2.24) is 0 Å². The van der Waals surface area contributed by atoms with E-state index in [4.69, 9.17) is 16.9 Å². The monoisotopic (exact) mass is 189 g/mol. The summed E-state index contributed by atoms with van der Waals surface area (Å²) < 4.78 is 5.44. The van der Waals surface area contributed by atoms with Crippen LogP contribution in [0.15, 0.2) is 24.3 Å². The molecule has 0 aliphatic rings. The molecule has 0 saturated carbocycles. The Morgan fingerprint density at radius 3 is 3.00 bits per heavy atom. The van der Waals surface area contributed by atoms with E-state index in [-0.39, 0.29) is 6.04 Å². The van der Waals surface area contributed by atoms with Gasteiger partial charge in [0.05, 0.1) is 6.61 Å². The third-order valence-corrected chi connectivity index (χ3v) is 1.90. The topological polar surface area (TPSA) is 35.2 Å². The number of terminal acetylenes is 1. The minimum Gasteiger partial charge on any atom is -0.493 e. The smallest absolute Gasteiger partial charge is 0.119 e. The predicted octanol–water partition coefficient (Wildman–Crippen LogP) is 2.11. The largest absolute Gasteiger partial charge is 0.493 e. The van der Waals surface area contributed by atoms with Crippen molar-refractivity contribution >= 4 is 0 Å². The fourth-order valence-corrected chi connectivity index (χ4v) is 1.12. The zero-order valence-corrected chi connectivity index (χ0v) is 8.36. The maximum atomic E-state index is 5.75. The first kappa shape index (κ1) is 10.6. The molecule has 0 aliphatic carbocycles. The third-order valence-electron chi connectivity index (χ3n) is 1.90. The first-order valence-corrected chi connectivity index (χ1v) is 4.66. The summed E-state index contributed by atoms with van der Waals surface area (Å²) in [6, 6.07) is 7.80. The molecule has 0 aliphatic heterocycles. The quantitative estimate of drug-likeness (QED) is 0.581. The van der Waals surface area contributed by atoms with Gasteiger partial charge >= 0.3 is 0 Å². The van der Waals surface area contributed by atoms with Crippen LogP contribution in [-0.2, 0) is 0 Å². The van der Waals surface area contributed by atoms with E-state index in [1.165, 1.54) is 0 Å². The van der Waals surface area contributed by atoms with Gasteiger partial charge in [-0.25, -0.2) is 0 Å². The van der Waals surface area contributed by atoms with Crippen LogP contribution >= 0.6 is 0 Å². The molecule has 1 aromatic rings. The highest BCUT2D eigenvalue weighted by atomic mass is 16.5. The second kappa shape index (κ2) is 5.31. The van der Waals surface area contributed by atoms with Crippen molar-refractivity contribution in [1.29, 1.82) is 0 Å². The van der Waals surface area contributed by atoms with Crippen LogP contribution in [0.3, 0.4) is 0 Å². The maximum absolute atomic E-state index is 5.75. The molecule has 0 fully saturated rings. The molecule has 0 saturated heterocycles. The molecule has 2 N–H and O–H groups in total. The van der Waals surface area contributed by atoms with Crippen LogP contribution in [0, 0.1) is 12.3 Å². The lowest BCUT2D eigenvalue weighted by atomic mass is 10.1. The van der Waals surface area contributed by atoms with Crippen LogP contribution in [0.4, 0.5) is 0 Å². The highest BCUT2D eigenvalue weighted by molar-refractivity contribution is 5.30. The van der Waals surface area contributed by atoms with Crippen LogP contribution in [-0.4, -0.2) is 6.61 Å². The highest BCUT2D eigenvalue weighted by Crippen LogP contribution is 2.17. The Balaban J connectivity index is 2.60. The number of nitrogens with two attached hydrogens (primary N) is 1. The van der Waals surface area contributed by atoms with E-state index >= 15 is 0 Å². The summed E-state index contributed by atoms with van der Waals surface area (Å²) in [5.74, 6) is 3.35. The Labute approximate surface area is 85.1 Å². The molecular weight excluding hydrogens is 174 g/mol. The van der Waals surface area contributed by atoms with E-state index in [9.17, 15) is 0 Å². The number of rotatable bonds is 4. The van der Waals surface area contributed by atoms with Gasteiger partial charge in [-0.2, -0.15) is 0 Å². The Morgan fingerprint density at radius 1 is 1.57 bits per heavy atom. The Hall–Kier alpha value is -1.46. The lowest BCUT2D eigenvalue weighted by molar-refractivity contribution is 0.327. The summed E-state index contributed by atoms with van der Waals surface area (Å²) in [6.45, 7) is 2.50. The Morgan fingerprint density at radius 2 is 2.36 bits per heavy atom. The van der Waals surface area contributed by atoms with Gasteiger partial charge in [-0.1, -0.05) is 12.1 Å². The molecule has 74 valence electrons. The zero-order valence-electron chi connectivity index (χ0n) is 8.36. The number of hydrogen-bond donors (Lipinski definition) is 1. The molecule has 2 heteroatoms. The average Bonchev–Trinajstić information content (AvgIpc) is 2.19. The van der Waals surface area contributed by atoms with Crippen LogP contribution in [0.1, 0.15) is 24.9 Å². The van der Waals surface area contributed by atoms with Gasteiger partial charge in [0.2, 0.25) is 0 Å². The molecule has 0 amide bonds. The lowest BCUT2D eigenvalue weighted by Crippen LogP contribution is -2.05. The van der Waals surface area contributed by atoms with Crippen molar-refractivity contribution < 1.29 is 4.74 Å². The van der Waals surface area contributed by atoms with Gasteiger partial charge in [0, 0.05) is 12.5 Å². The van der Waals surface area contributed by atoms with E-state index in [1.54, 1.807) is 0 Å². The fourth-order valence-electron chi connectivity index (χ4n) is 1.12. The highest BCUT2D eigenvalue weighted by Gasteiger charge is 2.00. The van der Waals surface area contributed by atoms with Crippen molar-refractivity contribution in [2.45, 2.75) is 19.4 Å². The van der Waals surface area contributed by atoms with Gasteiger partial charge in [0.1, 0.15) is 5.75 Å². The Kier molecular flexibility index (Phi) is 4.03. The molecule has 0 heterocycles. The van der Waals surface area contributed by atoms with Gasteiger partial charge in [0.25, 0.3) is 0 Å². The number of hydrogen-bond acceptors (Lipinski definition) is 2. The van der Waals surface area contributed by atoms with Crippen molar-refractivity contribution in [3.8, 4) is 18.1 Å². The fraction of sp³-hybridized carbons (Fsp3) is 0.333. The molecule has 1 atom stereocenters. The molecular formula is C12H15NO. The standard InChI is InChI=1S/C12H15NO/c1-3-4-8-14-12-7-5-6-11(9-12)10(2)13/h1,5-7,9-10H,4,8,13H2,2H3/t10-/m1/s1. The summed E-state index contributed by atoms with van der Waals surface area (Å²) >= 11 is 0. The van der Waals surface area contributed by atoms with Gasteiger partial charge in [0.15, 0.2) is 0 Å². The Bertz CT molecular complexity index is 325. The van der Waals surface area contributed by atoms with Crippen LogP contribution in [0.5, 0.6) is 5.75 Å². The van der Waals surface area contributed by atoms with E-state index in [0.717, 1.165) is 11.3 Å². The molecule has 2 nitrogen and oxygen atoms in total. The molecule has 0 unspecified atom stereocenters. The van der Waals surface area contributed by atoms with Gasteiger partial charge in [-0.3, -0.25) is 0 Å². The predicted molar refractivity (Wildman–Crippen MR) is 58.0 cm³/mol. The van der Waals surface area contributed by atoms with Crippen LogP contribution in [0.2, 0.25) is 0 Å². The maximum Gasteiger partial charge on any atom is 0.119 e. The van der Waals surface area contributed by atoms with Crippen molar-refractivity contribution in [3.05, 3.63) is 29.8 Å².